The first-order valence-corrected chi connectivity index (χ1v) is 10.5. The third kappa shape index (κ3) is 6.03. The molecule has 7 nitrogen and oxygen atoms in total. The molecule has 0 fully saturated rings. The number of thiocarbonyl (C=S) groups is 1. The Balaban J connectivity index is 2.36. The van der Waals surface area contributed by atoms with Gasteiger partial charge in [0.1, 0.15) is 6.61 Å². The molecule has 1 atom stereocenters. The van der Waals surface area contributed by atoms with Crippen LogP contribution in [0.3, 0.4) is 0 Å². The summed E-state index contributed by atoms with van der Waals surface area (Å²) in [4.78, 5) is 26.9. The van der Waals surface area contributed by atoms with Crippen LogP contribution >= 0.6 is 12.2 Å². The second kappa shape index (κ2) is 11.1. The minimum absolute atomic E-state index is 0.0441. The maximum absolute atomic E-state index is 12.9. The van der Waals surface area contributed by atoms with Gasteiger partial charge in [-0.1, -0.05) is 26.0 Å². The molecule has 1 aliphatic rings. The predicted octanol–water partition coefficient (Wildman–Crippen LogP) is 3.39. The minimum Gasteiger partial charge on any atom is -0.460 e. The summed E-state index contributed by atoms with van der Waals surface area (Å²) in [7, 11) is 1.56. The molecule has 1 aromatic carbocycles. The number of methoxy groups -OCH3 is 1. The molecule has 1 heterocycles. The van der Waals surface area contributed by atoms with Crippen LogP contribution in [0.15, 0.2) is 35.5 Å². The number of anilines is 1. The molecule has 0 radical (unpaired) electrons. The van der Waals surface area contributed by atoms with Gasteiger partial charge in [0.25, 0.3) is 0 Å². The summed E-state index contributed by atoms with van der Waals surface area (Å²) in [5, 5.41) is 6.72. The summed E-state index contributed by atoms with van der Waals surface area (Å²) < 4.78 is 10.4. The van der Waals surface area contributed by atoms with Gasteiger partial charge in [0.2, 0.25) is 5.91 Å². The van der Waals surface area contributed by atoms with Crippen molar-refractivity contribution in [3.8, 4) is 0 Å². The van der Waals surface area contributed by atoms with Gasteiger partial charge < -0.3 is 25.0 Å². The van der Waals surface area contributed by atoms with E-state index >= 15 is 0 Å². The number of rotatable bonds is 9. The van der Waals surface area contributed by atoms with Crippen LogP contribution in [0.2, 0.25) is 0 Å². The van der Waals surface area contributed by atoms with Crippen molar-refractivity contribution >= 4 is 34.9 Å². The second-order valence-electron chi connectivity index (χ2n) is 7.53. The van der Waals surface area contributed by atoms with Gasteiger partial charge in [-0.05, 0) is 49.7 Å². The van der Waals surface area contributed by atoms with Crippen LogP contribution in [0, 0.1) is 5.92 Å². The Labute approximate surface area is 183 Å². The Bertz CT molecular complexity index is 822. The molecule has 0 aliphatic carbocycles. The highest BCUT2D eigenvalue weighted by Crippen LogP contribution is 2.32. The monoisotopic (exact) mass is 433 g/mol. The number of hydrogen-bond donors (Lipinski definition) is 2. The molecule has 0 aromatic heterocycles. The van der Waals surface area contributed by atoms with Crippen LogP contribution in [0.5, 0.6) is 0 Å². The smallest absolute Gasteiger partial charge is 0.338 e. The number of nitrogens with one attached hydrogen (secondary N) is 2. The van der Waals surface area contributed by atoms with Crippen molar-refractivity contribution in [3.63, 3.8) is 0 Å². The topological polar surface area (TPSA) is 79.9 Å². The molecule has 8 heteroatoms. The summed E-state index contributed by atoms with van der Waals surface area (Å²) in [6.45, 7) is 8.95. The zero-order valence-electron chi connectivity index (χ0n) is 18.3. The van der Waals surface area contributed by atoms with E-state index in [0.717, 1.165) is 11.3 Å². The number of esters is 1. The fourth-order valence-electron chi connectivity index (χ4n) is 3.35. The third-order valence-corrected chi connectivity index (χ3v) is 5.09. The van der Waals surface area contributed by atoms with Gasteiger partial charge in [-0.3, -0.25) is 4.79 Å². The number of nitrogens with zero attached hydrogens (tertiary/aromatic N) is 1. The van der Waals surface area contributed by atoms with Crippen LogP contribution in [0.1, 0.15) is 45.7 Å². The SMILES string of the molecule is CCN1C(=S)N[C@@H](c2cccc(NC(=O)CC(C)C)c2)C(C(=O)OCCOC)=C1C. The lowest BCUT2D eigenvalue weighted by atomic mass is 9.94. The molecular formula is C22H31N3O4S. The van der Waals surface area contributed by atoms with Crippen LogP contribution < -0.4 is 10.6 Å². The molecule has 1 amide bonds. The average molecular weight is 434 g/mol. The first-order valence-electron chi connectivity index (χ1n) is 10.1. The van der Waals surface area contributed by atoms with Gasteiger partial charge in [-0.15, -0.1) is 0 Å². The van der Waals surface area contributed by atoms with Crippen molar-refractivity contribution in [2.45, 2.75) is 40.2 Å². The van der Waals surface area contributed by atoms with Crippen molar-refractivity contribution in [2.24, 2.45) is 5.92 Å². The zero-order chi connectivity index (χ0) is 22.3. The number of hydrogen-bond acceptors (Lipinski definition) is 5. The fourth-order valence-corrected chi connectivity index (χ4v) is 3.73. The van der Waals surface area contributed by atoms with E-state index < -0.39 is 12.0 Å². The highest BCUT2D eigenvalue weighted by atomic mass is 32.1. The normalized spacial score (nSPS) is 16.5. The molecular weight excluding hydrogens is 402 g/mol. The van der Waals surface area contributed by atoms with E-state index in [1.165, 1.54) is 0 Å². The number of allylic oxidation sites excluding steroid dienone is 1. The van der Waals surface area contributed by atoms with E-state index in [-0.39, 0.29) is 18.4 Å². The maximum Gasteiger partial charge on any atom is 0.338 e. The lowest BCUT2D eigenvalue weighted by Crippen LogP contribution is -2.47. The third-order valence-electron chi connectivity index (χ3n) is 4.75. The number of carbonyl (C=O) groups excluding carboxylic acids is 2. The first-order chi connectivity index (χ1) is 14.3. The van der Waals surface area contributed by atoms with Crippen LogP contribution in [-0.2, 0) is 19.1 Å². The van der Waals surface area contributed by atoms with E-state index in [2.05, 4.69) is 10.6 Å². The highest BCUT2D eigenvalue weighted by Gasteiger charge is 2.34. The average Bonchev–Trinajstić information content (AvgIpc) is 2.67. The predicted molar refractivity (Wildman–Crippen MR) is 121 cm³/mol. The van der Waals surface area contributed by atoms with Crippen molar-refractivity contribution in [2.75, 3.05) is 32.2 Å². The van der Waals surface area contributed by atoms with Crippen LogP contribution in [-0.4, -0.2) is 48.8 Å². The van der Waals surface area contributed by atoms with Crippen LogP contribution in [0.4, 0.5) is 5.69 Å². The van der Waals surface area contributed by atoms with Gasteiger partial charge in [-0.25, -0.2) is 4.79 Å². The quantitative estimate of drug-likeness (QED) is 0.351. The zero-order valence-corrected chi connectivity index (χ0v) is 19.1. The number of ether oxygens (including phenoxy) is 2. The van der Waals surface area contributed by atoms with E-state index in [9.17, 15) is 9.59 Å². The fraction of sp³-hybridized carbons (Fsp3) is 0.500. The Hall–Kier alpha value is -2.45. The molecule has 0 saturated carbocycles. The number of benzene rings is 1. The van der Waals surface area contributed by atoms with Crippen molar-refractivity contribution in [3.05, 3.63) is 41.1 Å². The Kier molecular flexibility index (Phi) is 8.80. The first kappa shape index (κ1) is 23.8. The lowest BCUT2D eigenvalue weighted by Gasteiger charge is -2.37. The molecule has 164 valence electrons. The van der Waals surface area contributed by atoms with Gasteiger partial charge in [0, 0.05) is 31.5 Å². The molecule has 2 rings (SSSR count). The van der Waals surface area contributed by atoms with E-state index in [1.54, 1.807) is 7.11 Å². The van der Waals surface area contributed by atoms with E-state index in [1.807, 2.05) is 56.9 Å². The number of carbonyl (C=O) groups is 2. The summed E-state index contributed by atoms with van der Waals surface area (Å²) in [6, 6.07) is 6.96. The maximum atomic E-state index is 12.9. The summed E-state index contributed by atoms with van der Waals surface area (Å²) in [5.74, 6) is -0.195. The van der Waals surface area contributed by atoms with Gasteiger partial charge in [0.05, 0.1) is 18.2 Å². The molecule has 30 heavy (non-hydrogen) atoms. The van der Waals surface area contributed by atoms with Gasteiger partial charge in [-0.2, -0.15) is 0 Å². The molecule has 2 N–H and O–H groups in total. The molecule has 0 unspecified atom stereocenters. The lowest BCUT2D eigenvalue weighted by molar-refractivity contribution is -0.140. The Morgan fingerprint density at radius 1 is 1.30 bits per heavy atom. The number of amides is 1. The van der Waals surface area contributed by atoms with Gasteiger partial charge >= 0.3 is 5.97 Å². The summed E-state index contributed by atoms with van der Waals surface area (Å²) >= 11 is 5.52. The largest absolute Gasteiger partial charge is 0.460 e. The standard InChI is InChI=1S/C22H31N3O4S/c1-6-25-15(4)19(21(27)29-11-10-28-5)20(24-22(25)30)16-8-7-9-17(13-16)23-18(26)12-14(2)3/h7-9,13-14,20H,6,10-12H2,1-5H3,(H,23,26)(H,24,30)/t20-/m0/s1. The second-order valence-corrected chi connectivity index (χ2v) is 7.91. The highest BCUT2D eigenvalue weighted by molar-refractivity contribution is 7.80. The Morgan fingerprint density at radius 3 is 2.67 bits per heavy atom. The van der Waals surface area contributed by atoms with E-state index in [0.29, 0.717) is 35.9 Å². The Morgan fingerprint density at radius 2 is 2.03 bits per heavy atom. The minimum atomic E-state index is -0.475. The van der Waals surface area contributed by atoms with Crippen molar-refractivity contribution < 1.29 is 19.1 Å². The molecule has 0 spiro atoms. The van der Waals surface area contributed by atoms with Crippen LogP contribution in [0.25, 0.3) is 0 Å². The van der Waals surface area contributed by atoms with Gasteiger partial charge in [0.15, 0.2) is 5.11 Å². The van der Waals surface area contributed by atoms with E-state index in [4.69, 9.17) is 21.7 Å². The summed E-state index contributed by atoms with van der Waals surface area (Å²) in [6.07, 6.45) is 0.442. The summed E-state index contributed by atoms with van der Waals surface area (Å²) in [5.41, 5.74) is 2.73. The molecule has 1 aliphatic heterocycles. The van der Waals surface area contributed by atoms with Crippen molar-refractivity contribution in [1.29, 1.82) is 0 Å². The molecule has 0 bridgehead atoms. The molecule has 0 saturated heterocycles. The molecule has 1 aromatic rings. The van der Waals surface area contributed by atoms with Crippen molar-refractivity contribution in [1.82, 2.24) is 10.2 Å².